The summed E-state index contributed by atoms with van der Waals surface area (Å²) in [5.41, 5.74) is 5.54. The van der Waals surface area contributed by atoms with Crippen LogP contribution in [0.4, 0.5) is 0 Å². The maximum Gasteiger partial charge on any atom is 0.326 e. The Balaban J connectivity index is 2.78. The van der Waals surface area contributed by atoms with E-state index in [4.69, 9.17) is 10.8 Å². The normalized spacial score (nSPS) is 24.4. The lowest BCUT2D eigenvalue weighted by Gasteiger charge is -2.32. The molecule has 1 aliphatic rings. The third-order valence-corrected chi connectivity index (χ3v) is 2.96. The second-order valence-electron chi connectivity index (χ2n) is 4.38. The van der Waals surface area contributed by atoms with Gasteiger partial charge in [0.2, 0.25) is 5.91 Å². The first-order valence-electron chi connectivity index (χ1n) is 5.83. The van der Waals surface area contributed by atoms with Gasteiger partial charge in [0.15, 0.2) is 0 Å². The van der Waals surface area contributed by atoms with Crippen LogP contribution in [-0.2, 0) is 9.59 Å². The number of nitrogens with two attached hydrogens (primary N) is 1. The molecule has 1 heterocycles. The Morgan fingerprint density at radius 2 is 1.94 bits per heavy atom. The number of aliphatic carboxylic acids is 1. The fourth-order valence-electron chi connectivity index (χ4n) is 2.07. The van der Waals surface area contributed by atoms with Gasteiger partial charge >= 0.3 is 5.97 Å². The molecule has 0 radical (unpaired) electrons. The molecule has 92 valence electrons. The van der Waals surface area contributed by atoms with Crippen molar-refractivity contribution in [2.24, 2.45) is 5.73 Å². The highest BCUT2D eigenvalue weighted by atomic mass is 16.4. The van der Waals surface area contributed by atoms with Gasteiger partial charge in [-0.25, -0.2) is 4.79 Å². The smallest absolute Gasteiger partial charge is 0.326 e. The Kier molecular flexibility index (Phi) is 4.73. The molecule has 2 atom stereocenters. The van der Waals surface area contributed by atoms with Gasteiger partial charge in [0.25, 0.3) is 0 Å². The summed E-state index contributed by atoms with van der Waals surface area (Å²) in [6.07, 6.45) is 4.36. The van der Waals surface area contributed by atoms with Crippen LogP contribution >= 0.6 is 0 Å². The third-order valence-electron chi connectivity index (χ3n) is 2.96. The first-order chi connectivity index (χ1) is 7.54. The molecule has 0 unspecified atom stereocenters. The second kappa shape index (κ2) is 5.84. The number of carbonyl (C=O) groups excluding carboxylic acids is 1. The SMILES string of the molecule is C[C@H](N)C(=O)N1CCCCCC[C@H]1C(=O)O. The average molecular weight is 228 g/mol. The zero-order valence-electron chi connectivity index (χ0n) is 9.69. The van der Waals surface area contributed by atoms with Crippen molar-refractivity contribution in [1.82, 2.24) is 4.90 Å². The summed E-state index contributed by atoms with van der Waals surface area (Å²) in [5, 5.41) is 9.12. The Bertz CT molecular complexity index is 266. The molecule has 1 amide bonds. The predicted molar refractivity (Wildman–Crippen MR) is 59.9 cm³/mol. The largest absolute Gasteiger partial charge is 0.480 e. The van der Waals surface area contributed by atoms with Crippen LogP contribution in [0.3, 0.4) is 0 Å². The maximum atomic E-state index is 11.8. The number of carboxylic acid groups (broad SMARTS) is 1. The van der Waals surface area contributed by atoms with Gasteiger partial charge in [0, 0.05) is 6.54 Å². The molecule has 1 saturated heterocycles. The number of likely N-dealkylation sites (tertiary alicyclic amines) is 1. The van der Waals surface area contributed by atoms with Gasteiger partial charge in [-0.05, 0) is 19.8 Å². The van der Waals surface area contributed by atoms with Gasteiger partial charge in [0.1, 0.15) is 6.04 Å². The van der Waals surface area contributed by atoms with Crippen molar-refractivity contribution in [2.75, 3.05) is 6.54 Å². The molecule has 0 spiro atoms. The van der Waals surface area contributed by atoms with Crippen LogP contribution in [-0.4, -0.2) is 40.5 Å². The second-order valence-corrected chi connectivity index (χ2v) is 4.38. The van der Waals surface area contributed by atoms with Crippen LogP contribution < -0.4 is 5.73 Å². The summed E-state index contributed by atoms with van der Waals surface area (Å²) < 4.78 is 0. The Labute approximate surface area is 95.6 Å². The van der Waals surface area contributed by atoms with E-state index >= 15 is 0 Å². The Morgan fingerprint density at radius 3 is 2.50 bits per heavy atom. The van der Waals surface area contributed by atoms with E-state index in [1.807, 2.05) is 0 Å². The number of amides is 1. The van der Waals surface area contributed by atoms with Crippen LogP contribution in [0.1, 0.15) is 39.0 Å². The van der Waals surface area contributed by atoms with E-state index in [0.717, 1.165) is 25.7 Å². The minimum Gasteiger partial charge on any atom is -0.480 e. The highest BCUT2D eigenvalue weighted by molar-refractivity contribution is 5.86. The zero-order chi connectivity index (χ0) is 12.1. The van der Waals surface area contributed by atoms with Crippen molar-refractivity contribution in [1.29, 1.82) is 0 Å². The summed E-state index contributed by atoms with van der Waals surface area (Å²) in [5.74, 6) is -1.18. The molecular weight excluding hydrogens is 208 g/mol. The molecule has 1 aliphatic heterocycles. The van der Waals surface area contributed by atoms with Gasteiger partial charge in [-0.15, -0.1) is 0 Å². The molecule has 0 aromatic heterocycles. The molecule has 1 rings (SSSR count). The van der Waals surface area contributed by atoms with E-state index in [2.05, 4.69) is 0 Å². The van der Waals surface area contributed by atoms with Gasteiger partial charge < -0.3 is 15.7 Å². The first kappa shape index (κ1) is 13.0. The van der Waals surface area contributed by atoms with E-state index in [1.54, 1.807) is 6.92 Å². The quantitative estimate of drug-likeness (QED) is 0.724. The monoisotopic (exact) mass is 228 g/mol. The molecule has 5 nitrogen and oxygen atoms in total. The average Bonchev–Trinajstić information content (AvgIpc) is 2.15. The zero-order valence-corrected chi connectivity index (χ0v) is 9.69. The lowest BCUT2D eigenvalue weighted by molar-refractivity contribution is -0.151. The van der Waals surface area contributed by atoms with E-state index in [1.165, 1.54) is 4.90 Å². The molecule has 0 aliphatic carbocycles. The minimum atomic E-state index is -0.920. The van der Waals surface area contributed by atoms with Crippen molar-refractivity contribution < 1.29 is 14.7 Å². The van der Waals surface area contributed by atoms with Gasteiger partial charge in [-0.3, -0.25) is 4.79 Å². The van der Waals surface area contributed by atoms with E-state index in [0.29, 0.717) is 13.0 Å². The van der Waals surface area contributed by atoms with E-state index in [-0.39, 0.29) is 5.91 Å². The van der Waals surface area contributed by atoms with Crippen LogP contribution in [0.2, 0.25) is 0 Å². The van der Waals surface area contributed by atoms with Crippen LogP contribution in [0, 0.1) is 0 Å². The molecule has 0 saturated carbocycles. The van der Waals surface area contributed by atoms with E-state index in [9.17, 15) is 9.59 Å². The number of hydrogen-bond acceptors (Lipinski definition) is 3. The summed E-state index contributed by atoms with van der Waals surface area (Å²) in [6.45, 7) is 2.11. The lowest BCUT2D eigenvalue weighted by atomic mass is 10.0. The number of nitrogens with zero attached hydrogens (tertiary/aromatic N) is 1. The number of carboxylic acids is 1. The standard InChI is InChI=1S/C11H20N2O3/c1-8(12)10(14)13-7-5-3-2-4-6-9(13)11(15)16/h8-9H,2-7,12H2,1H3,(H,15,16)/t8-,9-/m0/s1. The van der Waals surface area contributed by atoms with Crippen LogP contribution in [0.15, 0.2) is 0 Å². The predicted octanol–water partition coefficient (Wildman–Crippen LogP) is 0.579. The Morgan fingerprint density at radius 1 is 1.31 bits per heavy atom. The fourth-order valence-corrected chi connectivity index (χ4v) is 2.07. The Hall–Kier alpha value is -1.10. The highest BCUT2D eigenvalue weighted by Crippen LogP contribution is 2.17. The summed E-state index contributed by atoms with van der Waals surface area (Å²) >= 11 is 0. The van der Waals surface area contributed by atoms with Crippen molar-refractivity contribution >= 4 is 11.9 Å². The summed E-state index contributed by atoms with van der Waals surface area (Å²) in [7, 11) is 0. The summed E-state index contributed by atoms with van der Waals surface area (Å²) in [4.78, 5) is 24.4. The molecule has 0 bridgehead atoms. The minimum absolute atomic E-state index is 0.255. The third kappa shape index (κ3) is 3.20. The number of hydrogen-bond donors (Lipinski definition) is 2. The van der Waals surface area contributed by atoms with Gasteiger partial charge in [0.05, 0.1) is 6.04 Å². The molecule has 1 fully saturated rings. The maximum absolute atomic E-state index is 11.8. The number of rotatable bonds is 2. The van der Waals surface area contributed by atoms with Crippen molar-refractivity contribution in [3.05, 3.63) is 0 Å². The molecule has 5 heteroatoms. The highest BCUT2D eigenvalue weighted by Gasteiger charge is 2.31. The van der Waals surface area contributed by atoms with Gasteiger partial charge in [-0.1, -0.05) is 19.3 Å². The fraction of sp³-hybridized carbons (Fsp3) is 0.818. The molecule has 0 aromatic rings. The van der Waals surface area contributed by atoms with Crippen LogP contribution in [0.5, 0.6) is 0 Å². The van der Waals surface area contributed by atoms with Gasteiger partial charge in [-0.2, -0.15) is 0 Å². The van der Waals surface area contributed by atoms with Crippen LogP contribution in [0.25, 0.3) is 0 Å². The lowest BCUT2D eigenvalue weighted by Crippen LogP contribution is -2.51. The molecule has 0 aromatic carbocycles. The number of carbonyl (C=O) groups is 2. The van der Waals surface area contributed by atoms with E-state index < -0.39 is 18.1 Å². The molecule has 3 N–H and O–H groups in total. The van der Waals surface area contributed by atoms with Crippen molar-refractivity contribution in [3.63, 3.8) is 0 Å². The topological polar surface area (TPSA) is 83.6 Å². The summed E-state index contributed by atoms with van der Waals surface area (Å²) in [6, 6.07) is -1.32. The molecular formula is C11H20N2O3. The van der Waals surface area contributed by atoms with Crippen molar-refractivity contribution in [2.45, 2.75) is 51.1 Å². The van der Waals surface area contributed by atoms with Crippen molar-refractivity contribution in [3.8, 4) is 0 Å². The first-order valence-corrected chi connectivity index (χ1v) is 5.83. The molecule has 16 heavy (non-hydrogen) atoms.